The van der Waals surface area contributed by atoms with E-state index in [-0.39, 0.29) is 5.56 Å². The molecule has 3 rings (SSSR count). The standard InChI is InChI=1S/C16H20N4O2/c17-10-14-15(11-4-2-1-3-5-11)20(19-18-14)13-8-6-12(7-9-13)16(21)22/h6-9,11H,1-5,10,17H2,(H,21,22). The van der Waals surface area contributed by atoms with Gasteiger partial charge in [0.1, 0.15) is 5.69 Å². The Morgan fingerprint density at radius 3 is 2.50 bits per heavy atom. The van der Waals surface area contributed by atoms with E-state index >= 15 is 0 Å². The zero-order chi connectivity index (χ0) is 15.5. The highest BCUT2D eigenvalue weighted by molar-refractivity contribution is 5.87. The Kier molecular flexibility index (Phi) is 4.20. The van der Waals surface area contributed by atoms with Crippen LogP contribution in [0.2, 0.25) is 0 Å². The van der Waals surface area contributed by atoms with Crippen molar-refractivity contribution < 1.29 is 9.90 Å². The summed E-state index contributed by atoms with van der Waals surface area (Å²) < 4.78 is 1.82. The topological polar surface area (TPSA) is 94.0 Å². The second kappa shape index (κ2) is 6.27. The van der Waals surface area contributed by atoms with E-state index in [2.05, 4.69) is 10.3 Å². The first-order valence-corrected chi connectivity index (χ1v) is 7.69. The van der Waals surface area contributed by atoms with Crippen LogP contribution in [0.5, 0.6) is 0 Å². The molecule has 22 heavy (non-hydrogen) atoms. The molecule has 1 aromatic heterocycles. The average molecular weight is 300 g/mol. The van der Waals surface area contributed by atoms with Crippen LogP contribution >= 0.6 is 0 Å². The SMILES string of the molecule is NCc1nnn(-c2ccc(C(=O)O)cc2)c1C1CCCCC1. The predicted molar refractivity (Wildman–Crippen MR) is 82.0 cm³/mol. The summed E-state index contributed by atoms with van der Waals surface area (Å²) in [6.45, 7) is 0.374. The van der Waals surface area contributed by atoms with Gasteiger partial charge >= 0.3 is 5.97 Å². The second-order valence-electron chi connectivity index (χ2n) is 5.72. The molecule has 6 heteroatoms. The van der Waals surface area contributed by atoms with Crippen molar-refractivity contribution in [2.75, 3.05) is 0 Å². The molecule has 1 aliphatic rings. The summed E-state index contributed by atoms with van der Waals surface area (Å²) in [7, 11) is 0. The van der Waals surface area contributed by atoms with Crippen molar-refractivity contribution in [3.05, 3.63) is 41.2 Å². The normalized spacial score (nSPS) is 15.9. The summed E-state index contributed by atoms with van der Waals surface area (Å²) in [5.41, 5.74) is 8.85. The number of carboxylic acids is 1. The van der Waals surface area contributed by atoms with Crippen LogP contribution in [0.15, 0.2) is 24.3 Å². The number of nitrogens with two attached hydrogens (primary N) is 1. The fourth-order valence-corrected chi connectivity index (χ4v) is 3.19. The van der Waals surface area contributed by atoms with E-state index in [0.29, 0.717) is 12.5 Å². The smallest absolute Gasteiger partial charge is 0.335 e. The largest absolute Gasteiger partial charge is 0.478 e. The number of benzene rings is 1. The summed E-state index contributed by atoms with van der Waals surface area (Å²) in [4.78, 5) is 11.0. The molecule has 3 N–H and O–H groups in total. The van der Waals surface area contributed by atoms with Crippen LogP contribution in [0.3, 0.4) is 0 Å². The summed E-state index contributed by atoms with van der Waals surface area (Å²) in [6, 6.07) is 6.72. The Morgan fingerprint density at radius 1 is 1.23 bits per heavy atom. The third-order valence-electron chi connectivity index (χ3n) is 4.32. The molecule has 1 fully saturated rings. The Balaban J connectivity index is 1.99. The van der Waals surface area contributed by atoms with Crippen LogP contribution in [-0.4, -0.2) is 26.1 Å². The van der Waals surface area contributed by atoms with Crippen molar-refractivity contribution in [1.29, 1.82) is 0 Å². The molecule has 0 bridgehead atoms. The average Bonchev–Trinajstić information content (AvgIpc) is 2.99. The first-order valence-electron chi connectivity index (χ1n) is 7.69. The molecule has 0 unspecified atom stereocenters. The molecule has 0 amide bonds. The third kappa shape index (κ3) is 2.74. The summed E-state index contributed by atoms with van der Waals surface area (Å²) in [5.74, 6) is -0.498. The molecule has 1 aromatic carbocycles. The molecule has 0 spiro atoms. The molecule has 1 saturated carbocycles. The van der Waals surface area contributed by atoms with Gasteiger partial charge in [-0.05, 0) is 37.1 Å². The van der Waals surface area contributed by atoms with Crippen molar-refractivity contribution in [3.63, 3.8) is 0 Å². The fourth-order valence-electron chi connectivity index (χ4n) is 3.19. The molecule has 0 aliphatic heterocycles. The Bertz CT molecular complexity index is 657. The van der Waals surface area contributed by atoms with Gasteiger partial charge in [-0.25, -0.2) is 9.48 Å². The Hall–Kier alpha value is -2.21. The molecule has 1 heterocycles. The van der Waals surface area contributed by atoms with E-state index in [4.69, 9.17) is 10.8 Å². The van der Waals surface area contributed by atoms with E-state index in [1.807, 2.05) is 4.68 Å². The molecule has 1 aliphatic carbocycles. The van der Waals surface area contributed by atoms with Gasteiger partial charge < -0.3 is 10.8 Å². The molecule has 0 radical (unpaired) electrons. The summed E-state index contributed by atoms with van der Waals surface area (Å²) >= 11 is 0. The number of hydrogen-bond donors (Lipinski definition) is 2. The first kappa shape index (κ1) is 14.7. The molecule has 0 saturated heterocycles. The lowest BCUT2D eigenvalue weighted by Crippen LogP contribution is -2.14. The Morgan fingerprint density at radius 2 is 1.91 bits per heavy atom. The van der Waals surface area contributed by atoms with E-state index in [1.54, 1.807) is 24.3 Å². The highest BCUT2D eigenvalue weighted by Crippen LogP contribution is 2.34. The van der Waals surface area contributed by atoms with Crippen LogP contribution in [-0.2, 0) is 6.54 Å². The van der Waals surface area contributed by atoms with Gasteiger partial charge in [0.25, 0.3) is 0 Å². The lowest BCUT2D eigenvalue weighted by molar-refractivity contribution is 0.0697. The van der Waals surface area contributed by atoms with Gasteiger partial charge in [0.15, 0.2) is 0 Å². The maximum atomic E-state index is 11.0. The van der Waals surface area contributed by atoms with E-state index in [0.717, 1.165) is 29.9 Å². The Labute approximate surface area is 128 Å². The maximum absolute atomic E-state index is 11.0. The predicted octanol–water partition coefficient (Wildman–Crippen LogP) is 2.47. The van der Waals surface area contributed by atoms with Crippen molar-refractivity contribution in [2.45, 2.75) is 44.6 Å². The van der Waals surface area contributed by atoms with Gasteiger partial charge in [0.2, 0.25) is 0 Å². The number of nitrogens with zero attached hydrogens (tertiary/aromatic N) is 3. The molecular weight excluding hydrogens is 280 g/mol. The summed E-state index contributed by atoms with van der Waals surface area (Å²) in [5, 5.41) is 17.5. The molecular formula is C16H20N4O2. The third-order valence-corrected chi connectivity index (χ3v) is 4.32. The second-order valence-corrected chi connectivity index (χ2v) is 5.72. The molecule has 116 valence electrons. The number of aromatic carboxylic acids is 1. The van der Waals surface area contributed by atoms with E-state index < -0.39 is 5.97 Å². The van der Waals surface area contributed by atoms with Gasteiger partial charge in [-0.2, -0.15) is 0 Å². The highest BCUT2D eigenvalue weighted by atomic mass is 16.4. The number of aromatic nitrogens is 3. The van der Waals surface area contributed by atoms with E-state index in [1.165, 1.54) is 19.3 Å². The van der Waals surface area contributed by atoms with Crippen LogP contribution in [0.4, 0.5) is 0 Å². The zero-order valence-corrected chi connectivity index (χ0v) is 12.4. The summed E-state index contributed by atoms with van der Waals surface area (Å²) in [6.07, 6.45) is 5.99. The lowest BCUT2D eigenvalue weighted by atomic mass is 9.86. The molecule has 2 aromatic rings. The number of hydrogen-bond acceptors (Lipinski definition) is 4. The first-order chi connectivity index (χ1) is 10.7. The van der Waals surface area contributed by atoms with Gasteiger partial charge in [0, 0.05) is 12.5 Å². The highest BCUT2D eigenvalue weighted by Gasteiger charge is 2.24. The van der Waals surface area contributed by atoms with Gasteiger partial charge in [0.05, 0.1) is 16.9 Å². The van der Waals surface area contributed by atoms with Gasteiger partial charge in [-0.15, -0.1) is 5.10 Å². The quantitative estimate of drug-likeness (QED) is 0.904. The minimum atomic E-state index is -0.930. The minimum absolute atomic E-state index is 0.266. The van der Waals surface area contributed by atoms with Crippen LogP contribution in [0.1, 0.15) is 59.8 Å². The van der Waals surface area contributed by atoms with Crippen LogP contribution in [0, 0.1) is 0 Å². The minimum Gasteiger partial charge on any atom is -0.478 e. The van der Waals surface area contributed by atoms with Crippen molar-refractivity contribution in [2.24, 2.45) is 5.73 Å². The zero-order valence-electron chi connectivity index (χ0n) is 12.4. The fraction of sp³-hybridized carbons (Fsp3) is 0.438. The van der Waals surface area contributed by atoms with Crippen molar-refractivity contribution >= 4 is 5.97 Å². The van der Waals surface area contributed by atoms with Crippen LogP contribution in [0.25, 0.3) is 5.69 Å². The number of carboxylic acid groups (broad SMARTS) is 1. The lowest BCUT2D eigenvalue weighted by Gasteiger charge is -2.23. The number of carbonyl (C=O) groups is 1. The molecule has 0 atom stereocenters. The van der Waals surface area contributed by atoms with Crippen LogP contribution < -0.4 is 5.73 Å². The van der Waals surface area contributed by atoms with Gasteiger partial charge in [-0.3, -0.25) is 0 Å². The van der Waals surface area contributed by atoms with Crippen molar-refractivity contribution in [1.82, 2.24) is 15.0 Å². The maximum Gasteiger partial charge on any atom is 0.335 e. The van der Waals surface area contributed by atoms with Gasteiger partial charge in [-0.1, -0.05) is 24.5 Å². The monoisotopic (exact) mass is 300 g/mol. The van der Waals surface area contributed by atoms with E-state index in [9.17, 15) is 4.79 Å². The number of rotatable bonds is 4. The van der Waals surface area contributed by atoms with Crippen molar-refractivity contribution in [3.8, 4) is 5.69 Å². The molecule has 6 nitrogen and oxygen atoms in total.